The van der Waals surface area contributed by atoms with Gasteiger partial charge in [-0.05, 0) is 38.9 Å². The molecule has 0 aromatic rings. The molecule has 1 rings (SSSR count). The zero-order valence-electron chi connectivity index (χ0n) is 9.29. The van der Waals surface area contributed by atoms with Gasteiger partial charge in [0.1, 0.15) is 6.10 Å². The van der Waals surface area contributed by atoms with Crippen molar-refractivity contribution in [2.45, 2.75) is 45.0 Å². The zero-order valence-corrected chi connectivity index (χ0v) is 10.3. The second-order valence-electron chi connectivity index (χ2n) is 4.82. The Bertz CT molecular complexity index is 249. The molecule has 3 heteroatoms. The summed E-state index contributed by atoms with van der Waals surface area (Å²) in [6.45, 7) is 6.40. The second kappa shape index (κ2) is 4.76. The maximum absolute atomic E-state index is 9.06. The number of hydrogen-bond acceptors (Lipinski definition) is 2. The Morgan fingerprint density at radius 3 is 2.57 bits per heavy atom. The van der Waals surface area contributed by atoms with Gasteiger partial charge in [-0.2, -0.15) is 5.26 Å². The normalized spacial score (nSPS) is 24.3. The van der Waals surface area contributed by atoms with Crippen LogP contribution in [0, 0.1) is 17.2 Å². The van der Waals surface area contributed by atoms with Crippen molar-refractivity contribution >= 4 is 8.32 Å². The molecule has 0 saturated carbocycles. The molecular formula is C11H19NOSi. The number of rotatable bonds is 3. The highest BCUT2D eigenvalue weighted by Gasteiger charge is 2.27. The van der Waals surface area contributed by atoms with E-state index in [2.05, 4.69) is 37.9 Å². The largest absolute Gasteiger partial charge is 0.402 e. The lowest BCUT2D eigenvalue weighted by Gasteiger charge is -2.28. The lowest BCUT2D eigenvalue weighted by Crippen LogP contribution is -2.35. The molecule has 0 amide bonds. The number of hydrogen-bond donors (Lipinski definition) is 0. The lowest BCUT2D eigenvalue weighted by molar-refractivity contribution is 0.169. The van der Waals surface area contributed by atoms with Gasteiger partial charge in [0, 0.05) is 5.92 Å². The Morgan fingerprint density at radius 1 is 1.43 bits per heavy atom. The molecule has 0 fully saturated rings. The Morgan fingerprint density at radius 2 is 2.14 bits per heavy atom. The van der Waals surface area contributed by atoms with Gasteiger partial charge >= 0.3 is 0 Å². The molecule has 0 saturated heterocycles. The van der Waals surface area contributed by atoms with Crippen LogP contribution in [0.15, 0.2) is 12.2 Å². The van der Waals surface area contributed by atoms with Crippen molar-refractivity contribution < 1.29 is 4.43 Å². The van der Waals surface area contributed by atoms with Crippen molar-refractivity contribution in [3.63, 3.8) is 0 Å². The minimum absolute atomic E-state index is 0.188. The van der Waals surface area contributed by atoms with Gasteiger partial charge in [0.15, 0.2) is 8.32 Å². The summed E-state index contributed by atoms with van der Waals surface area (Å²) in [5, 5.41) is 9.06. The summed E-state index contributed by atoms with van der Waals surface area (Å²) in [7, 11) is -1.57. The van der Waals surface area contributed by atoms with E-state index in [0.29, 0.717) is 5.92 Å². The van der Waals surface area contributed by atoms with Crippen molar-refractivity contribution in [3.8, 4) is 6.07 Å². The van der Waals surface area contributed by atoms with Crippen LogP contribution in [0.3, 0.4) is 0 Å². The van der Waals surface area contributed by atoms with E-state index in [1.54, 1.807) is 0 Å². The molecule has 1 aliphatic carbocycles. The Kier molecular flexibility index (Phi) is 3.91. The minimum atomic E-state index is -1.57. The number of nitrogens with zero attached hydrogens (tertiary/aromatic N) is 1. The quantitative estimate of drug-likeness (QED) is 0.528. The van der Waals surface area contributed by atoms with Crippen LogP contribution in [0.1, 0.15) is 19.3 Å². The summed E-state index contributed by atoms with van der Waals surface area (Å²) in [5.41, 5.74) is 0. The van der Waals surface area contributed by atoms with Crippen LogP contribution in [-0.4, -0.2) is 14.4 Å². The van der Waals surface area contributed by atoms with Crippen molar-refractivity contribution in [2.24, 2.45) is 5.92 Å². The molecule has 0 N–H and O–H groups in total. The van der Waals surface area contributed by atoms with Crippen molar-refractivity contribution in [3.05, 3.63) is 12.2 Å². The SMILES string of the molecule is C[Si](C)(C)OC(C#N)C1CC=CCC1. The van der Waals surface area contributed by atoms with Crippen molar-refractivity contribution in [1.82, 2.24) is 0 Å². The molecule has 0 aromatic heterocycles. The van der Waals surface area contributed by atoms with Crippen molar-refractivity contribution in [1.29, 1.82) is 5.26 Å². The molecule has 2 unspecified atom stereocenters. The van der Waals surface area contributed by atoms with Crippen molar-refractivity contribution in [2.75, 3.05) is 0 Å². The highest BCUT2D eigenvalue weighted by Crippen LogP contribution is 2.25. The smallest absolute Gasteiger partial charge is 0.185 e. The van der Waals surface area contributed by atoms with Gasteiger partial charge in [-0.3, -0.25) is 0 Å². The standard InChI is InChI=1S/C11H19NOSi/c1-14(2,3)13-11(9-12)10-7-5-4-6-8-10/h4-5,10-11H,6-8H2,1-3H3. The number of allylic oxidation sites excluding steroid dienone is 2. The van der Waals surface area contributed by atoms with Gasteiger partial charge in [-0.15, -0.1) is 0 Å². The zero-order chi connectivity index (χ0) is 10.6. The highest BCUT2D eigenvalue weighted by atomic mass is 28.4. The molecule has 0 bridgehead atoms. The molecule has 0 radical (unpaired) electrons. The van der Waals surface area contributed by atoms with Crippen LogP contribution in [0.25, 0.3) is 0 Å². The molecule has 14 heavy (non-hydrogen) atoms. The third-order valence-electron chi connectivity index (χ3n) is 2.35. The summed E-state index contributed by atoms with van der Waals surface area (Å²) >= 11 is 0. The van der Waals surface area contributed by atoms with Crippen LogP contribution in [0.5, 0.6) is 0 Å². The Labute approximate surface area is 87.7 Å². The van der Waals surface area contributed by atoms with Gasteiger partial charge in [-0.25, -0.2) is 0 Å². The maximum Gasteiger partial charge on any atom is 0.185 e. The first-order valence-corrected chi connectivity index (χ1v) is 8.66. The molecule has 0 heterocycles. The topological polar surface area (TPSA) is 33.0 Å². The lowest BCUT2D eigenvalue weighted by atomic mass is 9.90. The monoisotopic (exact) mass is 209 g/mol. The van der Waals surface area contributed by atoms with E-state index < -0.39 is 8.32 Å². The summed E-state index contributed by atoms with van der Waals surface area (Å²) in [5.74, 6) is 0.414. The van der Waals surface area contributed by atoms with Crippen LogP contribution in [-0.2, 0) is 4.43 Å². The molecule has 2 nitrogen and oxygen atoms in total. The minimum Gasteiger partial charge on any atom is -0.402 e. The maximum atomic E-state index is 9.06. The van der Waals surface area contributed by atoms with E-state index in [9.17, 15) is 0 Å². The van der Waals surface area contributed by atoms with Crippen LogP contribution < -0.4 is 0 Å². The Hall–Kier alpha value is -0.593. The predicted octanol–water partition coefficient (Wildman–Crippen LogP) is 3.09. The fourth-order valence-electron chi connectivity index (χ4n) is 1.70. The first kappa shape index (κ1) is 11.5. The fourth-order valence-corrected chi connectivity index (χ4v) is 2.71. The van der Waals surface area contributed by atoms with E-state index in [4.69, 9.17) is 9.69 Å². The van der Waals surface area contributed by atoms with E-state index in [-0.39, 0.29) is 6.10 Å². The summed E-state index contributed by atoms with van der Waals surface area (Å²) in [6.07, 6.45) is 7.37. The van der Waals surface area contributed by atoms with E-state index in [1.165, 1.54) is 0 Å². The highest BCUT2D eigenvalue weighted by molar-refractivity contribution is 6.69. The Balaban J connectivity index is 2.54. The third-order valence-corrected chi connectivity index (χ3v) is 3.31. The molecule has 78 valence electrons. The molecule has 0 aliphatic heterocycles. The average molecular weight is 209 g/mol. The fraction of sp³-hybridized carbons (Fsp3) is 0.727. The third kappa shape index (κ3) is 3.65. The van der Waals surface area contributed by atoms with Gasteiger partial charge in [0.2, 0.25) is 0 Å². The summed E-state index contributed by atoms with van der Waals surface area (Å²) in [4.78, 5) is 0. The van der Waals surface area contributed by atoms with Gasteiger partial charge < -0.3 is 4.43 Å². The molecular weight excluding hydrogens is 190 g/mol. The van der Waals surface area contributed by atoms with E-state index in [0.717, 1.165) is 19.3 Å². The molecule has 2 atom stereocenters. The van der Waals surface area contributed by atoms with Gasteiger partial charge in [-0.1, -0.05) is 12.2 Å². The number of nitriles is 1. The van der Waals surface area contributed by atoms with Gasteiger partial charge in [0.25, 0.3) is 0 Å². The van der Waals surface area contributed by atoms with E-state index in [1.807, 2.05) is 0 Å². The average Bonchev–Trinajstić information content (AvgIpc) is 2.14. The van der Waals surface area contributed by atoms with Crippen LogP contribution in [0.2, 0.25) is 19.6 Å². The van der Waals surface area contributed by atoms with Gasteiger partial charge in [0.05, 0.1) is 6.07 Å². The molecule has 1 aliphatic rings. The first-order chi connectivity index (χ1) is 6.53. The second-order valence-corrected chi connectivity index (χ2v) is 9.28. The summed E-state index contributed by atoms with van der Waals surface area (Å²) < 4.78 is 5.87. The predicted molar refractivity (Wildman–Crippen MR) is 60.3 cm³/mol. The molecule has 0 aromatic carbocycles. The summed E-state index contributed by atoms with van der Waals surface area (Å²) in [6, 6.07) is 2.31. The van der Waals surface area contributed by atoms with E-state index >= 15 is 0 Å². The first-order valence-electron chi connectivity index (χ1n) is 5.25. The van der Waals surface area contributed by atoms with Crippen LogP contribution >= 0.6 is 0 Å². The van der Waals surface area contributed by atoms with Crippen LogP contribution in [0.4, 0.5) is 0 Å². The molecule has 0 spiro atoms.